The number of carbonyl (C=O) groups excluding carboxylic acids is 3. The van der Waals surface area contributed by atoms with Crippen LogP contribution in [0.2, 0.25) is 0 Å². The average molecular weight is 725 g/mol. The highest BCUT2D eigenvalue weighted by Crippen LogP contribution is 2.11. The van der Waals surface area contributed by atoms with Crippen molar-refractivity contribution in [2.75, 3.05) is 13.2 Å². The summed E-state index contributed by atoms with van der Waals surface area (Å²) in [6.45, 7) is 6.31. The minimum Gasteiger partial charge on any atom is -0.462 e. The first-order chi connectivity index (χ1) is 25.5. The van der Waals surface area contributed by atoms with Crippen molar-refractivity contribution in [2.24, 2.45) is 0 Å². The molecule has 0 aromatic rings. The van der Waals surface area contributed by atoms with Gasteiger partial charge in [-0.2, -0.15) is 0 Å². The summed E-state index contributed by atoms with van der Waals surface area (Å²) in [6.07, 6.45) is 49.1. The maximum Gasteiger partial charge on any atom is 0.306 e. The van der Waals surface area contributed by atoms with E-state index in [-0.39, 0.29) is 31.1 Å². The Labute approximate surface area is 319 Å². The fraction of sp³-hybridized carbons (Fsp3) is 0.674. The van der Waals surface area contributed by atoms with Crippen molar-refractivity contribution in [1.82, 2.24) is 0 Å². The number of hydrogen-bond donors (Lipinski definition) is 0. The van der Waals surface area contributed by atoms with Gasteiger partial charge < -0.3 is 14.2 Å². The van der Waals surface area contributed by atoms with Crippen LogP contribution in [0, 0.1) is 0 Å². The number of rotatable bonds is 36. The van der Waals surface area contributed by atoms with Gasteiger partial charge in [-0.3, -0.25) is 14.4 Å². The highest BCUT2D eigenvalue weighted by Gasteiger charge is 2.19. The first-order valence-electron chi connectivity index (χ1n) is 20.9. The largest absolute Gasteiger partial charge is 0.462 e. The van der Waals surface area contributed by atoms with Crippen molar-refractivity contribution in [3.63, 3.8) is 0 Å². The van der Waals surface area contributed by atoms with Crippen LogP contribution in [0.3, 0.4) is 0 Å². The van der Waals surface area contributed by atoms with Crippen LogP contribution in [0.1, 0.15) is 181 Å². The molecule has 6 nitrogen and oxygen atoms in total. The molecule has 0 radical (unpaired) electrons. The maximum atomic E-state index is 12.6. The first kappa shape index (κ1) is 48.9. The quantitative estimate of drug-likeness (QED) is 0.0277. The lowest BCUT2D eigenvalue weighted by molar-refractivity contribution is -0.167. The van der Waals surface area contributed by atoms with Gasteiger partial charge >= 0.3 is 17.9 Å². The number of allylic oxidation sites excluding steroid dienone is 12. The summed E-state index contributed by atoms with van der Waals surface area (Å²) in [5.41, 5.74) is 0. The van der Waals surface area contributed by atoms with Crippen molar-refractivity contribution in [3.8, 4) is 0 Å². The van der Waals surface area contributed by atoms with E-state index in [1.807, 2.05) is 0 Å². The summed E-state index contributed by atoms with van der Waals surface area (Å²) < 4.78 is 16.5. The summed E-state index contributed by atoms with van der Waals surface area (Å²) >= 11 is 0. The molecule has 0 saturated heterocycles. The summed E-state index contributed by atoms with van der Waals surface area (Å²) in [6, 6.07) is 0. The highest BCUT2D eigenvalue weighted by molar-refractivity contribution is 5.71. The summed E-state index contributed by atoms with van der Waals surface area (Å²) in [5, 5.41) is 0. The van der Waals surface area contributed by atoms with Crippen molar-refractivity contribution >= 4 is 17.9 Å². The van der Waals surface area contributed by atoms with Crippen molar-refractivity contribution < 1.29 is 28.6 Å². The van der Waals surface area contributed by atoms with Gasteiger partial charge in [-0.25, -0.2) is 0 Å². The molecule has 0 saturated carbocycles. The molecule has 0 aromatic heterocycles. The van der Waals surface area contributed by atoms with E-state index in [0.29, 0.717) is 19.3 Å². The lowest BCUT2D eigenvalue weighted by Gasteiger charge is -2.18. The third kappa shape index (κ3) is 38.1. The van der Waals surface area contributed by atoms with Gasteiger partial charge in [0, 0.05) is 19.3 Å². The van der Waals surface area contributed by atoms with E-state index in [1.54, 1.807) is 0 Å². The number of carbonyl (C=O) groups is 3. The van der Waals surface area contributed by atoms with Crippen molar-refractivity contribution in [2.45, 2.75) is 187 Å². The molecule has 0 aromatic carbocycles. The lowest BCUT2D eigenvalue weighted by Crippen LogP contribution is -2.30. The van der Waals surface area contributed by atoms with Gasteiger partial charge in [-0.15, -0.1) is 0 Å². The Morgan fingerprint density at radius 2 is 0.769 bits per heavy atom. The molecule has 0 amide bonds. The van der Waals surface area contributed by atoms with Gasteiger partial charge in [-0.1, -0.05) is 151 Å². The molecule has 0 fully saturated rings. The zero-order valence-corrected chi connectivity index (χ0v) is 33.5. The van der Waals surface area contributed by atoms with Crippen LogP contribution in [-0.2, 0) is 28.6 Å². The molecular weight excluding hydrogens is 648 g/mol. The van der Waals surface area contributed by atoms with Gasteiger partial charge in [0.2, 0.25) is 0 Å². The Morgan fingerprint density at radius 1 is 0.404 bits per heavy atom. The molecule has 0 aliphatic heterocycles. The lowest BCUT2D eigenvalue weighted by atomic mass is 10.1. The minimum absolute atomic E-state index is 0.0965. The van der Waals surface area contributed by atoms with Crippen LogP contribution in [0.4, 0.5) is 0 Å². The second-order valence-corrected chi connectivity index (χ2v) is 13.5. The van der Waals surface area contributed by atoms with Gasteiger partial charge in [0.1, 0.15) is 13.2 Å². The Morgan fingerprint density at radius 3 is 1.27 bits per heavy atom. The molecule has 0 spiro atoms. The summed E-state index contributed by atoms with van der Waals surface area (Å²) in [4.78, 5) is 37.4. The Balaban J connectivity index is 4.38. The van der Waals surface area contributed by atoms with E-state index in [0.717, 1.165) is 122 Å². The normalized spacial score (nSPS) is 12.8. The average Bonchev–Trinajstić information content (AvgIpc) is 3.14. The van der Waals surface area contributed by atoms with Gasteiger partial charge in [0.05, 0.1) is 0 Å². The molecule has 0 aliphatic carbocycles. The Bertz CT molecular complexity index is 1020. The van der Waals surface area contributed by atoms with Crippen molar-refractivity contribution in [3.05, 3.63) is 72.9 Å². The number of hydrogen-bond acceptors (Lipinski definition) is 6. The van der Waals surface area contributed by atoms with Crippen molar-refractivity contribution in [1.29, 1.82) is 0 Å². The van der Waals surface area contributed by atoms with Crippen LogP contribution in [0.5, 0.6) is 0 Å². The Kier molecular flexibility index (Phi) is 38.2. The molecule has 0 aliphatic rings. The van der Waals surface area contributed by atoms with E-state index in [4.69, 9.17) is 14.2 Å². The molecule has 52 heavy (non-hydrogen) atoms. The third-order valence-corrected chi connectivity index (χ3v) is 8.45. The van der Waals surface area contributed by atoms with E-state index in [9.17, 15) is 14.4 Å². The number of unbranched alkanes of at least 4 members (excludes halogenated alkanes) is 13. The molecule has 1 atom stereocenters. The zero-order chi connectivity index (χ0) is 38.0. The second-order valence-electron chi connectivity index (χ2n) is 13.5. The molecule has 296 valence electrons. The van der Waals surface area contributed by atoms with Crippen LogP contribution < -0.4 is 0 Å². The van der Waals surface area contributed by atoms with Crippen LogP contribution in [0.15, 0.2) is 72.9 Å². The molecule has 0 bridgehead atoms. The molecule has 0 N–H and O–H groups in total. The smallest absolute Gasteiger partial charge is 0.306 e. The number of ether oxygens (including phenoxy) is 3. The fourth-order valence-electron chi connectivity index (χ4n) is 5.27. The highest BCUT2D eigenvalue weighted by atomic mass is 16.6. The maximum absolute atomic E-state index is 12.6. The monoisotopic (exact) mass is 725 g/mol. The van der Waals surface area contributed by atoms with Crippen LogP contribution >= 0.6 is 0 Å². The Hall–Kier alpha value is -3.15. The predicted octanol–water partition coefficient (Wildman–Crippen LogP) is 13.1. The van der Waals surface area contributed by atoms with Gasteiger partial charge in [0.25, 0.3) is 0 Å². The standard InChI is InChI=1S/C46H76O6/c1-4-7-10-13-15-17-19-21-23-25-26-28-30-33-36-39-45(48)51-42-43(41-50-44(47)38-35-32-12-9-6-3)52-46(49)40-37-34-31-29-27-24-22-20-18-16-14-11-8-5-2/h7,10,14-17,20-23,26,28,43H,4-6,8-9,11-13,18-19,24-25,27,29-42H2,1-3H3/b10-7-,16-14-,17-15-,22-20-,23-21-,28-26-. The van der Waals surface area contributed by atoms with E-state index in [1.165, 1.54) is 19.3 Å². The number of esters is 3. The third-order valence-electron chi connectivity index (χ3n) is 8.45. The fourth-order valence-corrected chi connectivity index (χ4v) is 5.27. The minimum atomic E-state index is -0.793. The topological polar surface area (TPSA) is 78.9 Å². The van der Waals surface area contributed by atoms with Crippen LogP contribution in [-0.4, -0.2) is 37.2 Å². The second kappa shape index (κ2) is 40.6. The SMILES string of the molecule is CC/C=C\C/C=C\C/C=C\C/C=C\CCCCC(=O)OCC(COC(=O)CCCCCCC)OC(=O)CCCCCCC/C=C\C/C=C\CCCC. The van der Waals surface area contributed by atoms with E-state index < -0.39 is 6.10 Å². The molecular formula is C46H76O6. The van der Waals surface area contributed by atoms with Crippen LogP contribution in [0.25, 0.3) is 0 Å². The van der Waals surface area contributed by atoms with Gasteiger partial charge in [-0.05, 0) is 83.5 Å². The van der Waals surface area contributed by atoms with E-state index in [2.05, 4.69) is 93.7 Å². The summed E-state index contributed by atoms with van der Waals surface area (Å²) in [7, 11) is 0. The zero-order valence-electron chi connectivity index (χ0n) is 33.5. The molecule has 6 heteroatoms. The van der Waals surface area contributed by atoms with Gasteiger partial charge in [0.15, 0.2) is 6.10 Å². The first-order valence-corrected chi connectivity index (χ1v) is 20.9. The molecule has 0 rings (SSSR count). The molecule has 0 heterocycles. The summed E-state index contributed by atoms with van der Waals surface area (Å²) in [5.74, 6) is -0.978. The predicted molar refractivity (Wildman–Crippen MR) is 219 cm³/mol. The molecule has 1 unspecified atom stereocenters. The van der Waals surface area contributed by atoms with E-state index >= 15 is 0 Å².